The van der Waals surface area contributed by atoms with E-state index in [-0.39, 0.29) is 0 Å². The highest BCUT2D eigenvalue weighted by Gasteiger charge is 2.07. The molecule has 4 heteroatoms. The summed E-state index contributed by atoms with van der Waals surface area (Å²) >= 11 is 0. The molecule has 0 spiro atoms. The lowest BCUT2D eigenvalue weighted by molar-refractivity contribution is 0.928. The Kier molecular flexibility index (Phi) is 3.77. The van der Waals surface area contributed by atoms with Gasteiger partial charge < -0.3 is 11.1 Å². The molecule has 1 aromatic carbocycles. The summed E-state index contributed by atoms with van der Waals surface area (Å²) in [4.78, 5) is 8.70. The first-order valence-corrected chi connectivity index (χ1v) is 6.11. The van der Waals surface area contributed by atoms with Gasteiger partial charge in [0.2, 0.25) is 0 Å². The fraction of sp³-hybridized carbons (Fsp3) is 0.286. The molecule has 18 heavy (non-hydrogen) atoms. The molecule has 0 fully saturated rings. The Labute approximate surface area is 107 Å². The van der Waals surface area contributed by atoms with Crippen molar-refractivity contribution in [1.29, 1.82) is 0 Å². The highest BCUT2D eigenvalue weighted by atomic mass is 15.1. The van der Waals surface area contributed by atoms with E-state index in [1.807, 2.05) is 32.0 Å². The van der Waals surface area contributed by atoms with Crippen molar-refractivity contribution < 1.29 is 0 Å². The second-order valence-electron chi connectivity index (χ2n) is 4.19. The van der Waals surface area contributed by atoms with Gasteiger partial charge in [-0.15, -0.1) is 0 Å². The van der Waals surface area contributed by atoms with Crippen LogP contribution in [0.5, 0.6) is 0 Å². The van der Waals surface area contributed by atoms with Gasteiger partial charge in [-0.25, -0.2) is 9.97 Å². The zero-order valence-electron chi connectivity index (χ0n) is 10.8. The Hall–Kier alpha value is -2.10. The average molecular weight is 242 g/mol. The van der Waals surface area contributed by atoms with Crippen molar-refractivity contribution in [2.24, 2.45) is 0 Å². The van der Waals surface area contributed by atoms with Crippen molar-refractivity contribution in [3.8, 4) is 0 Å². The van der Waals surface area contributed by atoms with Crippen LogP contribution in [-0.2, 0) is 13.0 Å². The third kappa shape index (κ3) is 2.77. The second-order valence-corrected chi connectivity index (χ2v) is 4.19. The average Bonchev–Trinajstić information content (AvgIpc) is 2.41. The molecular weight excluding hydrogens is 224 g/mol. The van der Waals surface area contributed by atoms with Gasteiger partial charge in [0, 0.05) is 18.5 Å². The molecule has 0 unspecified atom stereocenters. The van der Waals surface area contributed by atoms with Crippen LogP contribution in [0.3, 0.4) is 0 Å². The molecule has 94 valence electrons. The van der Waals surface area contributed by atoms with Crippen LogP contribution in [0, 0.1) is 6.92 Å². The zero-order chi connectivity index (χ0) is 13.0. The zero-order valence-corrected chi connectivity index (χ0v) is 10.8. The number of anilines is 2. The van der Waals surface area contributed by atoms with Crippen LogP contribution < -0.4 is 11.1 Å². The Morgan fingerprint density at radius 2 is 1.89 bits per heavy atom. The van der Waals surface area contributed by atoms with E-state index in [2.05, 4.69) is 27.4 Å². The predicted octanol–water partition coefficient (Wildman–Crippen LogP) is 2.54. The van der Waals surface area contributed by atoms with Gasteiger partial charge in [0.05, 0.1) is 0 Å². The van der Waals surface area contributed by atoms with E-state index in [1.54, 1.807) is 0 Å². The summed E-state index contributed by atoms with van der Waals surface area (Å²) in [6.45, 7) is 4.69. The molecule has 0 bridgehead atoms. The number of hydrogen-bond acceptors (Lipinski definition) is 4. The summed E-state index contributed by atoms with van der Waals surface area (Å²) in [5.41, 5.74) is 8.00. The SMILES string of the molecule is CCc1nc(N)c(C)c(NCc2ccccc2)n1. The minimum Gasteiger partial charge on any atom is -0.383 e. The lowest BCUT2D eigenvalue weighted by Gasteiger charge is -2.11. The first kappa shape index (κ1) is 12.4. The fourth-order valence-corrected chi connectivity index (χ4v) is 1.69. The van der Waals surface area contributed by atoms with Gasteiger partial charge >= 0.3 is 0 Å². The van der Waals surface area contributed by atoms with Crippen molar-refractivity contribution in [1.82, 2.24) is 9.97 Å². The molecule has 1 heterocycles. The van der Waals surface area contributed by atoms with Crippen LogP contribution in [0.15, 0.2) is 30.3 Å². The van der Waals surface area contributed by atoms with Crippen molar-refractivity contribution in [3.63, 3.8) is 0 Å². The summed E-state index contributed by atoms with van der Waals surface area (Å²) < 4.78 is 0. The maximum Gasteiger partial charge on any atom is 0.135 e. The standard InChI is InChI=1S/C14H18N4/c1-3-12-17-13(15)10(2)14(18-12)16-9-11-7-5-4-6-8-11/h4-8H,3,9H2,1-2H3,(H3,15,16,17,18). The van der Waals surface area contributed by atoms with Crippen molar-refractivity contribution >= 4 is 11.6 Å². The maximum atomic E-state index is 5.87. The number of nitrogens with one attached hydrogen (secondary N) is 1. The topological polar surface area (TPSA) is 63.8 Å². The lowest BCUT2D eigenvalue weighted by Crippen LogP contribution is -2.09. The number of aryl methyl sites for hydroxylation is 1. The molecule has 0 radical (unpaired) electrons. The van der Waals surface area contributed by atoms with Crippen LogP contribution in [0.2, 0.25) is 0 Å². The minimum atomic E-state index is 0.553. The van der Waals surface area contributed by atoms with Crippen LogP contribution in [0.1, 0.15) is 23.9 Å². The van der Waals surface area contributed by atoms with Crippen LogP contribution in [0.25, 0.3) is 0 Å². The van der Waals surface area contributed by atoms with Gasteiger partial charge in [-0.3, -0.25) is 0 Å². The molecule has 1 aromatic heterocycles. The Bertz CT molecular complexity index is 523. The number of aromatic nitrogens is 2. The molecule has 4 nitrogen and oxygen atoms in total. The van der Waals surface area contributed by atoms with E-state index >= 15 is 0 Å². The summed E-state index contributed by atoms with van der Waals surface area (Å²) in [6, 6.07) is 10.2. The third-order valence-electron chi connectivity index (χ3n) is 2.85. The van der Waals surface area contributed by atoms with Gasteiger partial charge in [0.25, 0.3) is 0 Å². The molecule has 3 N–H and O–H groups in total. The van der Waals surface area contributed by atoms with Crippen LogP contribution >= 0.6 is 0 Å². The van der Waals surface area contributed by atoms with E-state index in [9.17, 15) is 0 Å². The van der Waals surface area contributed by atoms with Crippen molar-refractivity contribution in [2.45, 2.75) is 26.8 Å². The molecule has 0 amide bonds. The van der Waals surface area contributed by atoms with Crippen molar-refractivity contribution in [3.05, 3.63) is 47.3 Å². The molecule has 0 saturated carbocycles. The Morgan fingerprint density at radius 3 is 2.56 bits per heavy atom. The van der Waals surface area contributed by atoms with E-state index in [0.717, 1.165) is 30.2 Å². The molecule has 0 aliphatic rings. The van der Waals surface area contributed by atoms with Gasteiger partial charge in [-0.1, -0.05) is 37.3 Å². The molecule has 0 atom stereocenters. The normalized spacial score (nSPS) is 10.3. The van der Waals surface area contributed by atoms with E-state index in [4.69, 9.17) is 5.73 Å². The summed E-state index contributed by atoms with van der Waals surface area (Å²) in [6.07, 6.45) is 0.782. The van der Waals surface area contributed by atoms with Crippen molar-refractivity contribution in [2.75, 3.05) is 11.1 Å². The predicted molar refractivity (Wildman–Crippen MR) is 74.3 cm³/mol. The molecular formula is C14H18N4. The van der Waals surface area contributed by atoms with Crippen LogP contribution in [0.4, 0.5) is 11.6 Å². The molecule has 2 rings (SSSR count). The molecule has 0 aliphatic heterocycles. The summed E-state index contributed by atoms with van der Waals surface area (Å²) in [5, 5.41) is 3.31. The number of nitrogens with zero attached hydrogens (tertiary/aromatic N) is 2. The third-order valence-corrected chi connectivity index (χ3v) is 2.85. The monoisotopic (exact) mass is 242 g/mol. The quantitative estimate of drug-likeness (QED) is 0.864. The lowest BCUT2D eigenvalue weighted by atomic mass is 10.2. The van der Waals surface area contributed by atoms with Crippen LogP contribution in [-0.4, -0.2) is 9.97 Å². The first-order valence-electron chi connectivity index (χ1n) is 6.11. The summed E-state index contributed by atoms with van der Waals surface area (Å²) in [5.74, 6) is 2.15. The smallest absolute Gasteiger partial charge is 0.135 e. The number of nitrogens with two attached hydrogens (primary N) is 1. The molecule has 0 aliphatic carbocycles. The first-order chi connectivity index (χ1) is 8.70. The second kappa shape index (κ2) is 5.49. The highest BCUT2D eigenvalue weighted by Crippen LogP contribution is 2.18. The number of rotatable bonds is 4. The summed E-state index contributed by atoms with van der Waals surface area (Å²) in [7, 11) is 0. The van der Waals surface area contributed by atoms with E-state index in [1.165, 1.54) is 5.56 Å². The fourth-order valence-electron chi connectivity index (χ4n) is 1.69. The molecule has 2 aromatic rings. The Balaban J connectivity index is 2.16. The minimum absolute atomic E-state index is 0.553. The Morgan fingerprint density at radius 1 is 1.17 bits per heavy atom. The number of hydrogen-bond donors (Lipinski definition) is 2. The number of benzene rings is 1. The highest BCUT2D eigenvalue weighted by molar-refractivity contribution is 5.54. The largest absolute Gasteiger partial charge is 0.383 e. The van der Waals surface area contributed by atoms with Gasteiger partial charge in [-0.2, -0.15) is 0 Å². The van der Waals surface area contributed by atoms with E-state index < -0.39 is 0 Å². The van der Waals surface area contributed by atoms with Gasteiger partial charge in [-0.05, 0) is 12.5 Å². The maximum absolute atomic E-state index is 5.87. The molecule has 0 saturated heterocycles. The van der Waals surface area contributed by atoms with Gasteiger partial charge in [0.1, 0.15) is 17.5 Å². The van der Waals surface area contributed by atoms with Gasteiger partial charge in [0.15, 0.2) is 0 Å². The van der Waals surface area contributed by atoms with E-state index in [0.29, 0.717) is 5.82 Å². The number of nitrogen functional groups attached to an aromatic ring is 1.